The number of benzene rings is 3. The number of carbonyl (C=O) groups is 1. The summed E-state index contributed by atoms with van der Waals surface area (Å²) in [7, 11) is 4.12. The minimum atomic E-state index is 0.165. The van der Waals surface area contributed by atoms with Gasteiger partial charge in [0.2, 0.25) is 5.91 Å². The van der Waals surface area contributed by atoms with Crippen LogP contribution in [0.3, 0.4) is 0 Å². The zero-order valence-corrected chi connectivity index (χ0v) is 22.8. The van der Waals surface area contributed by atoms with Crippen LogP contribution in [0.1, 0.15) is 55.2 Å². The molecule has 4 rings (SSSR count). The fourth-order valence-electron chi connectivity index (χ4n) is 5.10. The summed E-state index contributed by atoms with van der Waals surface area (Å²) in [5.74, 6) is 1.52. The van der Waals surface area contributed by atoms with Crippen molar-refractivity contribution in [1.82, 2.24) is 9.80 Å². The first-order valence-corrected chi connectivity index (χ1v) is 13.8. The Morgan fingerprint density at radius 3 is 2.33 bits per heavy atom. The molecule has 3 aromatic carbocycles. The molecule has 0 radical (unpaired) electrons. The molecule has 0 spiro atoms. The van der Waals surface area contributed by atoms with E-state index in [4.69, 9.17) is 4.74 Å². The molecular formula is C31H38N2O2S. The highest BCUT2D eigenvalue weighted by atomic mass is 32.2. The highest BCUT2D eigenvalue weighted by Crippen LogP contribution is 2.52. The lowest BCUT2D eigenvalue weighted by molar-refractivity contribution is -0.131. The fraction of sp³-hybridized carbons (Fsp3) is 0.387. The summed E-state index contributed by atoms with van der Waals surface area (Å²) in [5.41, 5.74) is 3.93. The standard InChI is InChI=1S/C31H38N2O2S/c1-5-33(6-2)30(34)19-18-26-25-14-10-11-15-28(25)36-29-22-24(35-21-20-32(3)4)16-17-27(29)31(26)23-12-8-7-9-13-23/h7-17,22,26,31H,5-6,18-21H2,1-4H3. The first-order chi connectivity index (χ1) is 17.5. The van der Waals surface area contributed by atoms with E-state index in [1.165, 1.54) is 26.5 Å². The average Bonchev–Trinajstić information content (AvgIpc) is 3.02. The number of nitrogens with zero attached hydrogens (tertiary/aromatic N) is 2. The predicted octanol–water partition coefficient (Wildman–Crippen LogP) is 6.66. The summed E-state index contributed by atoms with van der Waals surface area (Å²) in [6.07, 6.45) is 1.36. The van der Waals surface area contributed by atoms with E-state index in [0.717, 1.165) is 31.8 Å². The Bertz CT molecular complexity index is 1140. The van der Waals surface area contributed by atoms with Gasteiger partial charge in [-0.3, -0.25) is 4.79 Å². The maximum absolute atomic E-state index is 13.0. The summed E-state index contributed by atoms with van der Waals surface area (Å²) < 4.78 is 6.10. The maximum Gasteiger partial charge on any atom is 0.222 e. The molecule has 2 atom stereocenters. The lowest BCUT2D eigenvalue weighted by Gasteiger charge is -2.29. The van der Waals surface area contributed by atoms with Gasteiger partial charge in [-0.05, 0) is 75.2 Å². The SMILES string of the molecule is CCN(CC)C(=O)CCC1c2ccccc2Sc2cc(OCCN(C)C)ccc2C1c1ccccc1. The molecule has 3 aromatic rings. The Kier molecular flexibility index (Phi) is 9.11. The Hall–Kier alpha value is -2.76. The van der Waals surface area contributed by atoms with Gasteiger partial charge >= 0.3 is 0 Å². The van der Waals surface area contributed by atoms with E-state index < -0.39 is 0 Å². The third-order valence-electron chi connectivity index (χ3n) is 7.01. The topological polar surface area (TPSA) is 32.8 Å². The Balaban J connectivity index is 1.75. The molecule has 190 valence electrons. The maximum atomic E-state index is 13.0. The second kappa shape index (κ2) is 12.5. The predicted molar refractivity (Wildman–Crippen MR) is 149 cm³/mol. The van der Waals surface area contributed by atoms with Crippen LogP contribution in [-0.2, 0) is 4.79 Å². The highest BCUT2D eigenvalue weighted by Gasteiger charge is 2.33. The average molecular weight is 503 g/mol. The number of carbonyl (C=O) groups excluding carboxylic acids is 1. The molecule has 1 heterocycles. The largest absolute Gasteiger partial charge is 0.492 e. The van der Waals surface area contributed by atoms with Crippen molar-refractivity contribution in [2.75, 3.05) is 40.3 Å². The van der Waals surface area contributed by atoms with Crippen molar-refractivity contribution in [3.63, 3.8) is 0 Å². The smallest absolute Gasteiger partial charge is 0.222 e. The van der Waals surface area contributed by atoms with Gasteiger partial charge in [-0.25, -0.2) is 0 Å². The van der Waals surface area contributed by atoms with Crippen LogP contribution in [-0.4, -0.2) is 56.0 Å². The van der Waals surface area contributed by atoms with Gasteiger partial charge in [0.05, 0.1) is 0 Å². The van der Waals surface area contributed by atoms with Gasteiger partial charge in [0.15, 0.2) is 0 Å². The van der Waals surface area contributed by atoms with E-state index >= 15 is 0 Å². The normalized spacial score (nSPS) is 16.7. The van der Waals surface area contributed by atoms with Gasteiger partial charge in [0.25, 0.3) is 0 Å². The zero-order valence-electron chi connectivity index (χ0n) is 21.9. The van der Waals surface area contributed by atoms with Crippen LogP contribution in [0.2, 0.25) is 0 Å². The number of hydrogen-bond acceptors (Lipinski definition) is 4. The minimum Gasteiger partial charge on any atom is -0.492 e. The van der Waals surface area contributed by atoms with Crippen molar-refractivity contribution in [3.05, 3.63) is 89.5 Å². The van der Waals surface area contributed by atoms with Crippen LogP contribution < -0.4 is 4.74 Å². The van der Waals surface area contributed by atoms with Crippen molar-refractivity contribution in [2.45, 2.75) is 48.3 Å². The van der Waals surface area contributed by atoms with Crippen molar-refractivity contribution in [3.8, 4) is 5.75 Å². The second-order valence-electron chi connectivity index (χ2n) is 9.59. The first-order valence-electron chi connectivity index (χ1n) is 13.0. The van der Waals surface area contributed by atoms with E-state index in [0.29, 0.717) is 13.0 Å². The Labute approximate surface area is 220 Å². The first kappa shape index (κ1) is 26.3. The molecule has 0 bridgehead atoms. The highest BCUT2D eigenvalue weighted by molar-refractivity contribution is 7.99. The van der Waals surface area contributed by atoms with Crippen molar-refractivity contribution in [1.29, 1.82) is 0 Å². The van der Waals surface area contributed by atoms with Crippen molar-refractivity contribution < 1.29 is 9.53 Å². The third kappa shape index (κ3) is 6.13. The molecule has 0 fully saturated rings. The van der Waals surface area contributed by atoms with Gasteiger partial charge in [-0.15, -0.1) is 0 Å². The molecule has 0 aliphatic carbocycles. The summed E-state index contributed by atoms with van der Waals surface area (Å²) >= 11 is 1.82. The summed E-state index contributed by atoms with van der Waals surface area (Å²) in [5, 5.41) is 0. The molecule has 0 aromatic heterocycles. The van der Waals surface area contributed by atoms with Crippen LogP contribution >= 0.6 is 11.8 Å². The van der Waals surface area contributed by atoms with Gasteiger partial charge in [0, 0.05) is 41.8 Å². The van der Waals surface area contributed by atoms with E-state index in [2.05, 4.69) is 106 Å². The Morgan fingerprint density at radius 1 is 0.889 bits per heavy atom. The van der Waals surface area contributed by atoms with Crippen molar-refractivity contribution in [2.24, 2.45) is 0 Å². The summed E-state index contributed by atoms with van der Waals surface area (Å²) in [4.78, 5) is 19.6. The second-order valence-corrected chi connectivity index (χ2v) is 10.7. The van der Waals surface area contributed by atoms with E-state index in [1.54, 1.807) is 0 Å². The van der Waals surface area contributed by atoms with Crippen LogP contribution in [0.5, 0.6) is 5.75 Å². The van der Waals surface area contributed by atoms with Gasteiger partial charge in [-0.1, -0.05) is 66.4 Å². The molecule has 5 heteroatoms. The van der Waals surface area contributed by atoms with E-state index in [9.17, 15) is 4.79 Å². The van der Waals surface area contributed by atoms with Crippen molar-refractivity contribution >= 4 is 17.7 Å². The van der Waals surface area contributed by atoms with Gasteiger partial charge in [-0.2, -0.15) is 0 Å². The fourth-order valence-corrected chi connectivity index (χ4v) is 6.31. The molecular weight excluding hydrogens is 464 g/mol. The molecule has 1 amide bonds. The molecule has 1 aliphatic rings. The van der Waals surface area contributed by atoms with Crippen LogP contribution in [0.15, 0.2) is 82.6 Å². The van der Waals surface area contributed by atoms with E-state index in [1.807, 2.05) is 16.7 Å². The number of rotatable bonds is 10. The molecule has 4 nitrogen and oxygen atoms in total. The lowest BCUT2D eigenvalue weighted by atomic mass is 9.75. The minimum absolute atomic E-state index is 0.165. The summed E-state index contributed by atoms with van der Waals surface area (Å²) in [6, 6.07) is 26.1. The lowest BCUT2D eigenvalue weighted by Crippen LogP contribution is -2.30. The molecule has 2 unspecified atom stereocenters. The van der Waals surface area contributed by atoms with Crippen LogP contribution in [0.25, 0.3) is 0 Å². The number of hydrogen-bond donors (Lipinski definition) is 0. The van der Waals surface area contributed by atoms with Gasteiger partial charge < -0.3 is 14.5 Å². The molecule has 1 aliphatic heterocycles. The van der Waals surface area contributed by atoms with Crippen LogP contribution in [0, 0.1) is 0 Å². The summed E-state index contributed by atoms with van der Waals surface area (Å²) in [6.45, 7) is 7.16. The quantitative estimate of drug-likeness (QED) is 0.310. The molecule has 0 saturated carbocycles. The van der Waals surface area contributed by atoms with Crippen LogP contribution in [0.4, 0.5) is 0 Å². The number of ether oxygens (including phenoxy) is 1. The number of likely N-dealkylation sites (N-methyl/N-ethyl adjacent to an activating group) is 1. The van der Waals surface area contributed by atoms with Gasteiger partial charge in [0.1, 0.15) is 12.4 Å². The third-order valence-corrected chi connectivity index (χ3v) is 8.18. The molecule has 0 N–H and O–H groups in total. The zero-order chi connectivity index (χ0) is 25.5. The monoisotopic (exact) mass is 502 g/mol. The molecule has 0 saturated heterocycles. The molecule has 36 heavy (non-hydrogen) atoms. The van der Waals surface area contributed by atoms with E-state index in [-0.39, 0.29) is 17.7 Å². The number of fused-ring (bicyclic) bond motifs is 2. The Morgan fingerprint density at radius 2 is 1.61 bits per heavy atom. The number of amides is 1.